The summed E-state index contributed by atoms with van der Waals surface area (Å²) in [6, 6.07) is 0. The quantitative estimate of drug-likeness (QED) is 0.536. The van der Waals surface area contributed by atoms with Crippen LogP contribution in [0, 0.1) is 0 Å². The molecule has 1 rings (SSSR count). The van der Waals surface area contributed by atoms with Gasteiger partial charge in [-0.25, -0.2) is 4.68 Å². The number of nitrogens with two attached hydrogens (primary N) is 1. The van der Waals surface area contributed by atoms with Crippen LogP contribution in [0.25, 0.3) is 0 Å². The maximum Gasteiger partial charge on any atom is 0.182 e. The number of carbonyl (C=O) groups excluding carboxylic acids is 1. The van der Waals surface area contributed by atoms with Crippen molar-refractivity contribution in [2.75, 3.05) is 6.54 Å². The van der Waals surface area contributed by atoms with Crippen LogP contribution in [-0.4, -0.2) is 27.3 Å². The zero-order chi connectivity index (χ0) is 11.1. The minimum Gasteiger partial charge on any atom is -0.330 e. The maximum absolute atomic E-state index is 11.6. The maximum atomic E-state index is 11.6. The van der Waals surface area contributed by atoms with E-state index in [1.165, 1.54) is 10.9 Å². The molecule has 0 saturated carbocycles. The van der Waals surface area contributed by atoms with Crippen LogP contribution in [0.1, 0.15) is 42.6 Å². The van der Waals surface area contributed by atoms with E-state index in [4.69, 9.17) is 5.73 Å². The second-order valence-electron chi connectivity index (χ2n) is 3.62. The van der Waals surface area contributed by atoms with Crippen LogP contribution in [0.15, 0.2) is 6.20 Å². The van der Waals surface area contributed by atoms with Crippen molar-refractivity contribution in [3.05, 3.63) is 11.9 Å². The molecule has 0 saturated heterocycles. The highest BCUT2D eigenvalue weighted by atomic mass is 16.1. The van der Waals surface area contributed by atoms with E-state index in [0.29, 0.717) is 12.1 Å². The standard InChI is InChI=1S/C10H18N4O/c1-14-9(8-12-13-14)10(15)6-4-2-3-5-7-11/h8H,2-7,11H2,1H3. The van der Waals surface area contributed by atoms with Gasteiger partial charge in [0, 0.05) is 13.5 Å². The Labute approximate surface area is 89.6 Å². The molecule has 0 amide bonds. The Morgan fingerprint density at radius 2 is 2.13 bits per heavy atom. The van der Waals surface area contributed by atoms with Crippen LogP contribution < -0.4 is 5.73 Å². The number of Topliss-reactive ketones (excluding diaryl/α,β-unsaturated/α-hetero) is 1. The number of carbonyl (C=O) groups is 1. The second-order valence-corrected chi connectivity index (χ2v) is 3.62. The molecule has 5 heteroatoms. The van der Waals surface area contributed by atoms with E-state index in [-0.39, 0.29) is 5.78 Å². The largest absolute Gasteiger partial charge is 0.330 e. The van der Waals surface area contributed by atoms with Gasteiger partial charge in [0.1, 0.15) is 5.69 Å². The summed E-state index contributed by atoms with van der Waals surface area (Å²) < 4.78 is 1.52. The fraction of sp³-hybridized carbons (Fsp3) is 0.700. The van der Waals surface area contributed by atoms with Crippen LogP contribution in [0.3, 0.4) is 0 Å². The topological polar surface area (TPSA) is 73.8 Å². The number of unbranched alkanes of at least 4 members (excludes halogenated alkanes) is 3. The van der Waals surface area contributed by atoms with Gasteiger partial charge in [-0.3, -0.25) is 4.79 Å². The molecule has 5 nitrogen and oxygen atoms in total. The van der Waals surface area contributed by atoms with Gasteiger partial charge in [-0.1, -0.05) is 18.1 Å². The van der Waals surface area contributed by atoms with Gasteiger partial charge >= 0.3 is 0 Å². The number of hydrogen-bond acceptors (Lipinski definition) is 4. The third kappa shape index (κ3) is 3.79. The first-order chi connectivity index (χ1) is 7.25. The molecule has 0 aliphatic heterocycles. The summed E-state index contributed by atoms with van der Waals surface area (Å²) in [4.78, 5) is 11.6. The lowest BCUT2D eigenvalue weighted by Gasteiger charge is -2.00. The molecule has 0 radical (unpaired) electrons. The van der Waals surface area contributed by atoms with Crippen molar-refractivity contribution in [2.24, 2.45) is 12.8 Å². The summed E-state index contributed by atoms with van der Waals surface area (Å²) in [5.74, 6) is 0.121. The van der Waals surface area contributed by atoms with Crippen LogP contribution >= 0.6 is 0 Å². The normalized spacial score (nSPS) is 10.5. The molecule has 1 aromatic rings. The van der Waals surface area contributed by atoms with Crippen molar-refractivity contribution in [1.29, 1.82) is 0 Å². The number of nitrogens with zero attached hydrogens (tertiary/aromatic N) is 3. The fourth-order valence-corrected chi connectivity index (χ4v) is 1.45. The smallest absolute Gasteiger partial charge is 0.182 e. The Balaban J connectivity index is 2.22. The number of ketones is 1. The minimum atomic E-state index is 0.121. The summed E-state index contributed by atoms with van der Waals surface area (Å²) in [6.45, 7) is 0.736. The van der Waals surface area contributed by atoms with E-state index in [2.05, 4.69) is 10.3 Å². The van der Waals surface area contributed by atoms with E-state index >= 15 is 0 Å². The lowest BCUT2D eigenvalue weighted by atomic mass is 10.1. The SMILES string of the molecule is Cn1nncc1C(=O)CCCCCCN. The highest BCUT2D eigenvalue weighted by Gasteiger charge is 2.09. The molecule has 1 aromatic heterocycles. The average molecular weight is 210 g/mol. The van der Waals surface area contributed by atoms with Crippen molar-refractivity contribution in [1.82, 2.24) is 15.0 Å². The molecule has 0 aliphatic rings. The molecule has 0 fully saturated rings. The van der Waals surface area contributed by atoms with E-state index < -0.39 is 0 Å². The Kier molecular flexibility index (Phi) is 4.97. The predicted molar refractivity (Wildman–Crippen MR) is 57.5 cm³/mol. The molecule has 0 atom stereocenters. The molecule has 15 heavy (non-hydrogen) atoms. The third-order valence-corrected chi connectivity index (χ3v) is 2.36. The highest BCUT2D eigenvalue weighted by molar-refractivity contribution is 5.94. The first-order valence-electron chi connectivity index (χ1n) is 5.33. The Morgan fingerprint density at radius 3 is 2.73 bits per heavy atom. The van der Waals surface area contributed by atoms with Crippen LogP contribution in [0.5, 0.6) is 0 Å². The van der Waals surface area contributed by atoms with Crippen molar-refractivity contribution < 1.29 is 4.79 Å². The monoisotopic (exact) mass is 210 g/mol. The van der Waals surface area contributed by atoms with Crippen LogP contribution in [0.2, 0.25) is 0 Å². The molecule has 0 aliphatic carbocycles. The van der Waals surface area contributed by atoms with Crippen molar-refractivity contribution >= 4 is 5.78 Å². The second kappa shape index (κ2) is 6.29. The molecule has 0 unspecified atom stereocenters. The van der Waals surface area contributed by atoms with Gasteiger partial charge in [0.2, 0.25) is 0 Å². The highest BCUT2D eigenvalue weighted by Crippen LogP contribution is 2.07. The van der Waals surface area contributed by atoms with Crippen molar-refractivity contribution in [3.63, 3.8) is 0 Å². The lowest BCUT2D eigenvalue weighted by Crippen LogP contribution is -2.06. The molecule has 0 aromatic carbocycles. The number of hydrogen-bond donors (Lipinski definition) is 1. The molecular weight excluding hydrogens is 192 g/mol. The van der Waals surface area contributed by atoms with Gasteiger partial charge in [0.15, 0.2) is 5.78 Å². The molecular formula is C10H18N4O. The number of aromatic nitrogens is 3. The Bertz CT molecular complexity index is 308. The summed E-state index contributed by atoms with van der Waals surface area (Å²) in [7, 11) is 1.73. The molecule has 0 bridgehead atoms. The molecule has 0 spiro atoms. The average Bonchev–Trinajstić information content (AvgIpc) is 2.64. The lowest BCUT2D eigenvalue weighted by molar-refractivity contribution is 0.0970. The van der Waals surface area contributed by atoms with Gasteiger partial charge < -0.3 is 5.73 Å². The summed E-state index contributed by atoms with van der Waals surface area (Å²) in [5.41, 5.74) is 5.97. The van der Waals surface area contributed by atoms with Gasteiger partial charge in [0.25, 0.3) is 0 Å². The Hall–Kier alpha value is -1.23. The van der Waals surface area contributed by atoms with Gasteiger partial charge in [-0.15, -0.1) is 5.10 Å². The first-order valence-corrected chi connectivity index (χ1v) is 5.33. The summed E-state index contributed by atoms with van der Waals surface area (Å²) >= 11 is 0. The molecule has 84 valence electrons. The van der Waals surface area contributed by atoms with Crippen molar-refractivity contribution in [3.8, 4) is 0 Å². The van der Waals surface area contributed by atoms with Gasteiger partial charge in [-0.2, -0.15) is 0 Å². The van der Waals surface area contributed by atoms with Crippen LogP contribution in [-0.2, 0) is 7.05 Å². The Morgan fingerprint density at radius 1 is 1.40 bits per heavy atom. The van der Waals surface area contributed by atoms with Gasteiger partial charge in [-0.05, 0) is 19.4 Å². The zero-order valence-corrected chi connectivity index (χ0v) is 9.15. The van der Waals surface area contributed by atoms with Crippen LogP contribution in [0.4, 0.5) is 0 Å². The number of aryl methyl sites for hydroxylation is 1. The van der Waals surface area contributed by atoms with E-state index in [0.717, 1.165) is 32.2 Å². The third-order valence-electron chi connectivity index (χ3n) is 2.36. The summed E-state index contributed by atoms with van der Waals surface area (Å²) in [6.07, 6.45) is 6.22. The molecule has 1 heterocycles. The fourth-order valence-electron chi connectivity index (χ4n) is 1.45. The molecule has 2 N–H and O–H groups in total. The van der Waals surface area contributed by atoms with E-state index in [1.54, 1.807) is 7.05 Å². The van der Waals surface area contributed by atoms with Gasteiger partial charge in [0.05, 0.1) is 6.20 Å². The zero-order valence-electron chi connectivity index (χ0n) is 9.15. The van der Waals surface area contributed by atoms with E-state index in [9.17, 15) is 4.79 Å². The summed E-state index contributed by atoms with van der Waals surface area (Å²) in [5, 5.41) is 7.40. The first kappa shape index (κ1) is 11.8. The predicted octanol–water partition coefficient (Wildman–Crippen LogP) is 0.907. The van der Waals surface area contributed by atoms with Crippen molar-refractivity contribution in [2.45, 2.75) is 32.1 Å². The minimum absolute atomic E-state index is 0.121. The van der Waals surface area contributed by atoms with E-state index in [1.807, 2.05) is 0 Å². The number of rotatable bonds is 7.